The van der Waals surface area contributed by atoms with Gasteiger partial charge in [-0.2, -0.15) is 0 Å². The molecule has 4 aromatic heterocycles. The number of thiazole rings is 1. The number of alkyl halides is 1. The average Bonchev–Trinajstić information content (AvgIpc) is 4.31. The van der Waals surface area contributed by atoms with Gasteiger partial charge in [-0.1, -0.05) is 55.4 Å². The van der Waals surface area contributed by atoms with Gasteiger partial charge >= 0.3 is 0 Å². The highest BCUT2D eigenvalue weighted by molar-refractivity contribution is 7.13. The van der Waals surface area contributed by atoms with Crippen LogP contribution in [0.2, 0.25) is 0 Å². The van der Waals surface area contributed by atoms with Crippen molar-refractivity contribution in [1.29, 1.82) is 0 Å². The van der Waals surface area contributed by atoms with Crippen LogP contribution in [0.3, 0.4) is 0 Å². The first-order valence-corrected chi connectivity index (χ1v) is 28.1. The van der Waals surface area contributed by atoms with Crippen LogP contribution in [0.25, 0.3) is 21.7 Å². The summed E-state index contributed by atoms with van der Waals surface area (Å²) in [6.07, 6.45) is 3.70. The molecule has 6 aromatic rings. The van der Waals surface area contributed by atoms with E-state index in [0.717, 1.165) is 98.0 Å². The molecule has 5 N–H and O–H groups in total. The van der Waals surface area contributed by atoms with Crippen LogP contribution in [-0.2, 0) is 9.59 Å². The van der Waals surface area contributed by atoms with Gasteiger partial charge < -0.3 is 50.1 Å². The number of phenols is 1. The number of anilines is 4. The molecule has 9 heterocycles. The number of carbonyl (C=O) groups excluding carboxylic acids is 2. The molecule has 406 valence electrons. The molecule has 5 aliphatic heterocycles. The lowest BCUT2D eigenvalue weighted by molar-refractivity contribution is -0.141. The third kappa shape index (κ3) is 11.0. The summed E-state index contributed by atoms with van der Waals surface area (Å²) in [7, 11) is 0. The lowest BCUT2D eigenvalue weighted by atomic mass is 9.91. The van der Waals surface area contributed by atoms with E-state index in [1.165, 1.54) is 4.90 Å². The summed E-state index contributed by atoms with van der Waals surface area (Å²) < 4.78 is 28.3. The zero-order chi connectivity index (χ0) is 53.5. The molecule has 5 saturated heterocycles. The Morgan fingerprint density at radius 2 is 1.68 bits per heavy atom. The number of para-hydroxylation sites is 1. The normalized spacial score (nSPS) is 23.9. The second-order valence-electron chi connectivity index (χ2n) is 22.0. The van der Waals surface area contributed by atoms with Gasteiger partial charge in [0, 0.05) is 100 Å². The maximum atomic E-state index is 16.0. The van der Waals surface area contributed by atoms with Crippen LogP contribution in [0, 0.1) is 18.8 Å². The van der Waals surface area contributed by atoms with E-state index < -0.39 is 30.3 Å². The quantitative estimate of drug-likeness (QED) is 0.0789. The van der Waals surface area contributed by atoms with E-state index in [1.54, 1.807) is 29.7 Å². The number of carbonyl (C=O) groups is 2. The fourth-order valence-electron chi connectivity index (χ4n) is 12.4. The Balaban J connectivity index is 0.647. The van der Waals surface area contributed by atoms with Crippen molar-refractivity contribution in [3.05, 3.63) is 102 Å². The van der Waals surface area contributed by atoms with Crippen molar-refractivity contribution in [2.75, 3.05) is 72.8 Å². The number of pyridine rings is 1. The van der Waals surface area contributed by atoms with Gasteiger partial charge in [-0.3, -0.25) is 14.5 Å². The fraction of sp³-hybridized carbons (Fsp3) is 0.491. The second-order valence-corrected chi connectivity index (χ2v) is 22.9. The molecule has 0 spiro atoms. The number of piperidine rings is 2. The highest BCUT2D eigenvalue weighted by atomic mass is 32.1. The smallest absolute Gasteiger partial charge is 0.243 e. The van der Waals surface area contributed by atoms with Crippen LogP contribution >= 0.6 is 11.3 Å². The van der Waals surface area contributed by atoms with E-state index in [2.05, 4.69) is 50.2 Å². The van der Waals surface area contributed by atoms with Crippen LogP contribution in [0.1, 0.15) is 88.3 Å². The molecule has 0 radical (unpaired) electrons. The van der Waals surface area contributed by atoms with Crippen molar-refractivity contribution in [2.24, 2.45) is 11.8 Å². The van der Waals surface area contributed by atoms with Crippen molar-refractivity contribution in [2.45, 2.75) is 115 Å². The summed E-state index contributed by atoms with van der Waals surface area (Å²) in [5.41, 5.74) is 14.2. The topological polar surface area (TPSA) is 216 Å². The monoisotopic (exact) mass is 1070 g/mol. The predicted molar refractivity (Wildman–Crippen MR) is 294 cm³/mol. The SMILES string of the molecule is Cc1ncsc1-c1ccc([C@H](C)NC(=O)[C@@H]2C[C@@H](O)CN2C(=O)[C@@H](c2cc(N3CCC(CN4CC[C@@H](Oc5cc(N6C7CCC6CN(c6cc(-c8ccccc8O)nnc6N)C7)ccn5)[C@@H](F)C4)CC3)no2)C(C)C)cc1. The number of ether oxygens (including phenoxy) is 1. The Labute approximate surface area is 452 Å². The molecule has 0 aliphatic carbocycles. The Kier molecular flexibility index (Phi) is 15.1. The van der Waals surface area contributed by atoms with E-state index in [-0.39, 0.29) is 54.6 Å². The second kappa shape index (κ2) is 22.2. The van der Waals surface area contributed by atoms with Gasteiger partial charge in [-0.25, -0.2) is 14.4 Å². The molecule has 77 heavy (non-hydrogen) atoms. The number of nitrogens with one attached hydrogen (secondary N) is 1. The number of amides is 2. The summed E-state index contributed by atoms with van der Waals surface area (Å²) in [5, 5.41) is 37.3. The maximum absolute atomic E-state index is 16.0. The number of nitrogen functional groups attached to an aromatic ring is 1. The van der Waals surface area contributed by atoms with E-state index in [0.29, 0.717) is 53.4 Å². The lowest BCUT2D eigenvalue weighted by Gasteiger charge is -2.43. The minimum absolute atomic E-state index is 0.0564. The van der Waals surface area contributed by atoms with Crippen molar-refractivity contribution >= 4 is 46.2 Å². The number of benzene rings is 2. The van der Waals surface area contributed by atoms with Gasteiger partial charge in [0.15, 0.2) is 17.4 Å². The lowest BCUT2D eigenvalue weighted by Crippen LogP contribution is -2.54. The Hall–Kier alpha value is -6.90. The molecule has 2 amide bonds. The van der Waals surface area contributed by atoms with Crippen LogP contribution in [0.4, 0.5) is 27.4 Å². The number of aromatic nitrogens is 5. The first kappa shape index (κ1) is 52.2. The van der Waals surface area contributed by atoms with Crippen LogP contribution in [-0.4, -0.2) is 146 Å². The molecule has 11 rings (SSSR count). The number of nitrogens with zero attached hydrogens (tertiary/aromatic N) is 10. The van der Waals surface area contributed by atoms with E-state index in [9.17, 15) is 19.8 Å². The van der Waals surface area contributed by atoms with E-state index in [4.69, 9.17) is 15.0 Å². The van der Waals surface area contributed by atoms with Crippen molar-refractivity contribution in [1.82, 2.24) is 40.4 Å². The minimum Gasteiger partial charge on any atom is -0.507 e. The Morgan fingerprint density at radius 1 is 0.909 bits per heavy atom. The molecule has 2 unspecified atom stereocenters. The Morgan fingerprint density at radius 3 is 2.39 bits per heavy atom. The van der Waals surface area contributed by atoms with E-state index in [1.807, 2.05) is 93.9 Å². The molecule has 2 aromatic carbocycles. The van der Waals surface area contributed by atoms with Crippen LogP contribution < -0.4 is 30.5 Å². The predicted octanol–water partition coefficient (Wildman–Crippen LogP) is 7.39. The number of aryl methyl sites for hydroxylation is 1. The van der Waals surface area contributed by atoms with Crippen molar-refractivity contribution < 1.29 is 33.5 Å². The molecule has 0 saturated carbocycles. The summed E-state index contributed by atoms with van der Waals surface area (Å²) >= 11 is 1.59. The first-order chi connectivity index (χ1) is 37.2. The number of hydrogen-bond acceptors (Lipinski definition) is 17. The molecule has 18 nitrogen and oxygen atoms in total. The maximum Gasteiger partial charge on any atom is 0.243 e. The van der Waals surface area contributed by atoms with Gasteiger partial charge in [-0.05, 0) is 93.2 Å². The number of halogens is 1. The number of hydrogen-bond donors (Lipinski definition) is 4. The molecule has 2 bridgehead atoms. The summed E-state index contributed by atoms with van der Waals surface area (Å²) in [5.74, 6) is 0.961. The third-order valence-corrected chi connectivity index (χ3v) is 17.5. The molecular weight excluding hydrogens is 1000 g/mol. The first-order valence-electron chi connectivity index (χ1n) is 27.2. The number of aliphatic hydroxyl groups excluding tert-OH is 1. The number of likely N-dealkylation sites (tertiary alicyclic amines) is 2. The number of β-amino-alcohol motifs (C(OH)–C–C–N with tert-alkyl or cyclic N) is 1. The number of rotatable bonds is 15. The zero-order valence-corrected chi connectivity index (χ0v) is 44.9. The highest BCUT2D eigenvalue weighted by Crippen LogP contribution is 2.41. The number of nitrogens with two attached hydrogens (primary N) is 1. The van der Waals surface area contributed by atoms with Gasteiger partial charge in [-0.15, -0.1) is 21.5 Å². The number of fused-ring (bicyclic) bond motifs is 2. The van der Waals surface area contributed by atoms with E-state index >= 15 is 4.39 Å². The van der Waals surface area contributed by atoms with Crippen molar-refractivity contribution in [3.8, 4) is 33.3 Å². The number of piperazine rings is 1. The highest BCUT2D eigenvalue weighted by Gasteiger charge is 2.45. The fourth-order valence-corrected chi connectivity index (χ4v) is 13.2. The van der Waals surface area contributed by atoms with Crippen LogP contribution in [0.5, 0.6) is 11.6 Å². The standard InChI is InChI=1S/C57H69FN12O6S/c1-33(2)53(57(74)69-30-42(71)24-47(69)56(73)62-34(3)37-9-11-38(12-10-37)54-35(4)61-32-77-54)50-26-51(65-76-50)67-21-16-36(17-22-67)27-66-20-18-49(44(58)31-66)75-52-23-39(15-19-60-52)70-40-13-14-41(70)29-68(28-40)46-25-45(63-64-55(46)59)43-7-5-6-8-48(43)72/h5-12,15,19,23,25-26,32-34,36,40-42,44,47,49,53,71-72H,13-14,16-18,20-22,24,27-31H2,1-4H3,(H2,59,64)(H,62,73)/t34-,40?,41?,42+,44-,47-,49+,53+/m0/s1. The molecule has 8 atom stereocenters. The average molecular weight is 1070 g/mol. The molecule has 20 heteroatoms. The number of phenolic OH excluding ortho intramolecular Hbond substituents is 1. The molecule has 5 aliphatic rings. The zero-order valence-electron chi connectivity index (χ0n) is 44.1. The minimum atomic E-state index is -1.17. The molecular formula is C57H69FN12O6S. The summed E-state index contributed by atoms with van der Waals surface area (Å²) in [4.78, 5) is 48.9. The van der Waals surface area contributed by atoms with Crippen molar-refractivity contribution in [3.63, 3.8) is 0 Å². The van der Waals surface area contributed by atoms with Gasteiger partial charge in [0.1, 0.15) is 30.0 Å². The molecule has 5 fully saturated rings. The third-order valence-electron chi connectivity index (χ3n) is 16.5. The van der Waals surface area contributed by atoms with Crippen LogP contribution in [0.15, 0.2) is 89.0 Å². The van der Waals surface area contributed by atoms with Gasteiger partial charge in [0.05, 0.1) is 39.6 Å². The number of aromatic hydroxyl groups is 1. The summed E-state index contributed by atoms with van der Waals surface area (Å²) in [6.45, 7) is 12.6. The Bertz CT molecular complexity index is 3030. The van der Waals surface area contributed by atoms with Gasteiger partial charge in [0.2, 0.25) is 17.7 Å². The summed E-state index contributed by atoms with van der Waals surface area (Å²) in [6, 6.07) is 22.1. The largest absolute Gasteiger partial charge is 0.507 e. The number of aliphatic hydroxyl groups is 1. The van der Waals surface area contributed by atoms with Gasteiger partial charge in [0.25, 0.3) is 0 Å².